The van der Waals surface area contributed by atoms with Gasteiger partial charge in [-0.2, -0.15) is 0 Å². The number of esters is 1. The maximum Gasteiger partial charge on any atom is 0.344 e. The molecule has 0 saturated heterocycles. The molecule has 0 aliphatic rings. The lowest BCUT2D eigenvalue weighted by molar-refractivity contribution is 0.0501. The van der Waals surface area contributed by atoms with E-state index in [0.717, 1.165) is 19.3 Å². The van der Waals surface area contributed by atoms with E-state index in [1.165, 1.54) is 12.1 Å². The molecular weight excluding hydrogens is 371 g/mol. The van der Waals surface area contributed by atoms with Crippen LogP contribution in [-0.4, -0.2) is 27.1 Å². The second kappa shape index (κ2) is 7.87. The molecule has 4 rings (SSSR count). The molecule has 2 N–H and O–H groups in total. The SMILES string of the molecule is CCCCCOC(=O)c1c(N)n(-c2cccc(F)c2)c2nc3ccccc3nc12. The molecule has 2 heterocycles. The monoisotopic (exact) mass is 392 g/mol. The second-order valence-corrected chi connectivity index (χ2v) is 6.80. The number of unbranched alkanes of at least 4 members (excludes halogenated alkanes) is 2. The van der Waals surface area contributed by atoms with Crippen molar-refractivity contribution >= 4 is 34.0 Å². The molecule has 0 radical (unpaired) electrons. The van der Waals surface area contributed by atoms with Gasteiger partial charge in [-0.15, -0.1) is 0 Å². The van der Waals surface area contributed by atoms with Crippen molar-refractivity contribution in [3.63, 3.8) is 0 Å². The fourth-order valence-electron chi connectivity index (χ4n) is 3.33. The quantitative estimate of drug-likeness (QED) is 0.382. The molecule has 0 saturated carbocycles. The van der Waals surface area contributed by atoms with Crippen molar-refractivity contribution < 1.29 is 13.9 Å². The largest absolute Gasteiger partial charge is 0.462 e. The summed E-state index contributed by atoms with van der Waals surface area (Å²) in [6, 6.07) is 13.3. The van der Waals surface area contributed by atoms with Gasteiger partial charge >= 0.3 is 5.97 Å². The van der Waals surface area contributed by atoms with Crippen LogP contribution in [0.5, 0.6) is 0 Å². The molecule has 4 aromatic rings. The number of anilines is 1. The fourth-order valence-corrected chi connectivity index (χ4v) is 3.33. The van der Waals surface area contributed by atoms with E-state index in [4.69, 9.17) is 10.5 Å². The first-order chi connectivity index (χ1) is 14.1. The third-order valence-corrected chi connectivity index (χ3v) is 4.75. The number of carbonyl (C=O) groups is 1. The molecule has 0 unspecified atom stereocenters. The van der Waals surface area contributed by atoms with Gasteiger partial charge in [-0.05, 0) is 36.8 Å². The van der Waals surface area contributed by atoms with Crippen molar-refractivity contribution in [3.8, 4) is 5.69 Å². The summed E-state index contributed by atoms with van der Waals surface area (Å²) in [6.07, 6.45) is 2.77. The van der Waals surface area contributed by atoms with Gasteiger partial charge < -0.3 is 10.5 Å². The normalized spacial score (nSPS) is 11.2. The van der Waals surface area contributed by atoms with E-state index in [1.807, 2.05) is 24.3 Å². The number of para-hydroxylation sites is 2. The number of nitrogen functional groups attached to an aromatic ring is 1. The number of carbonyl (C=O) groups excluding carboxylic acids is 1. The number of aromatic nitrogens is 3. The van der Waals surface area contributed by atoms with Crippen molar-refractivity contribution in [3.05, 3.63) is 59.9 Å². The van der Waals surface area contributed by atoms with E-state index in [2.05, 4.69) is 16.9 Å². The molecule has 0 bridgehead atoms. The van der Waals surface area contributed by atoms with Gasteiger partial charge in [0.05, 0.1) is 23.3 Å². The van der Waals surface area contributed by atoms with Crippen LogP contribution in [0.15, 0.2) is 48.5 Å². The highest BCUT2D eigenvalue weighted by Crippen LogP contribution is 2.31. The van der Waals surface area contributed by atoms with Crippen LogP contribution in [0.25, 0.3) is 27.9 Å². The Labute approximate surface area is 167 Å². The van der Waals surface area contributed by atoms with Gasteiger partial charge in [-0.1, -0.05) is 38.0 Å². The van der Waals surface area contributed by atoms with Crippen LogP contribution >= 0.6 is 0 Å². The molecule has 7 heteroatoms. The van der Waals surface area contributed by atoms with Crippen LogP contribution in [-0.2, 0) is 4.74 Å². The Morgan fingerprint density at radius 3 is 2.59 bits per heavy atom. The molecule has 148 valence electrons. The van der Waals surface area contributed by atoms with Gasteiger partial charge in [-0.25, -0.2) is 19.2 Å². The summed E-state index contributed by atoms with van der Waals surface area (Å²) in [7, 11) is 0. The van der Waals surface area contributed by atoms with Crippen LogP contribution < -0.4 is 5.73 Å². The lowest BCUT2D eigenvalue weighted by atomic mass is 10.2. The summed E-state index contributed by atoms with van der Waals surface area (Å²) in [5, 5.41) is 0. The highest BCUT2D eigenvalue weighted by atomic mass is 19.1. The number of rotatable bonds is 6. The molecule has 6 nitrogen and oxygen atoms in total. The van der Waals surface area contributed by atoms with Gasteiger partial charge in [0.1, 0.15) is 22.7 Å². The van der Waals surface area contributed by atoms with E-state index < -0.39 is 11.8 Å². The maximum atomic E-state index is 13.9. The molecule has 0 atom stereocenters. The zero-order valence-electron chi connectivity index (χ0n) is 16.1. The minimum absolute atomic E-state index is 0.126. The number of fused-ring (bicyclic) bond motifs is 2. The first-order valence-corrected chi connectivity index (χ1v) is 9.60. The zero-order chi connectivity index (χ0) is 20.4. The van der Waals surface area contributed by atoms with Crippen molar-refractivity contribution in [2.24, 2.45) is 0 Å². The molecule has 2 aromatic carbocycles. The Morgan fingerprint density at radius 2 is 1.86 bits per heavy atom. The predicted octanol–water partition coefficient (Wildman–Crippen LogP) is 4.64. The average Bonchev–Trinajstić information content (AvgIpc) is 3.00. The Balaban J connectivity index is 1.91. The van der Waals surface area contributed by atoms with Crippen LogP contribution in [0, 0.1) is 5.82 Å². The lowest BCUT2D eigenvalue weighted by Gasteiger charge is -2.08. The smallest absolute Gasteiger partial charge is 0.344 e. The zero-order valence-corrected chi connectivity index (χ0v) is 16.1. The van der Waals surface area contributed by atoms with Crippen molar-refractivity contribution in [1.29, 1.82) is 0 Å². The molecule has 2 aromatic heterocycles. The predicted molar refractivity (Wildman–Crippen MR) is 111 cm³/mol. The van der Waals surface area contributed by atoms with Crippen LogP contribution in [0.4, 0.5) is 10.2 Å². The molecule has 0 spiro atoms. The number of nitrogens with zero attached hydrogens (tertiary/aromatic N) is 3. The summed E-state index contributed by atoms with van der Waals surface area (Å²) in [4.78, 5) is 22.1. The highest BCUT2D eigenvalue weighted by molar-refractivity contribution is 6.09. The lowest BCUT2D eigenvalue weighted by Crippen LogP contribution is -2.10. The Hall–Kier alpha value is -3.48. The van der Waals surface area contributed by atoms with E-state index in [9.17, 15) is 9.18 Å². The molecule has 0 fully saturated rings. The number of hydrogen-bond acceptors (Lipinski definition) is 5. The summed E-state index contributed by atoms with van der Waals surface area (Å²) >= 11 is 0. The van der Waals surface area contributed by atoms with E-state index >= 15 is 0 Å². The number of halogens is 1. The average molecular weight is 392 g/mol. The third-order valence-electron chi connectivity index (χ3n) is 4.75. The van der Waals surface area contributed by atoms with Gasteiger partial charge in [-0.3, -0.25) is 4.57 Å². The van der Waals surface area contributed by atoms with Crippen molar-refractivity contribution in [2.75, 3.05) is 12.3 Å². The number of nitrogens with two attached hydrogens (primary N) is 1. The third kappa shape index (κ3) is 3.51. The molecular formula is C22H21FN4O2. The van der Waals surface area contributed by atoms with Crippen LogP contribution in [0.2, 0.25) is 0 Å². The van der Waals surface area contributed by atoms with E-state index in [-0.39, 0.29) is 11.4 Å². The van der Waals surface area contributed by atoms with Crippen molar-refractivity contribution in [1.82, 2.24) is 14.5 Å². The van der Waals surface area contributed by atoms with Gasteiger partial charge in [0.15, 0.2) is 5.65 Å². The Bertz CT molecular complexity index is 1200. The number of hydrogen-bond donors (Lipinski definition) is 1. The first kappa shape index (κ1) is 18.9. The number of ether oxygens (including phenoxy) is 1. The summed E-state index contributed by atoms with van der Waals surface area (Å²) in [5.74, 6) is -0.842. The van der Waals surface area contributed by atoms with Gasteiger partial charge in [0.2, 0.25) is 0 Å². The summed E-state index contributed by atoms with van der Waals surface area (Å²) in [5.41, 5.74) is 8.97. The van der Waals surface area contributed by atoms with Crippen molar-refractivity contribution in [2.45, 2.75) is 26.2 Å². The van der Waals surface area contributed by atoms with Gasteiger partial charge in [0.25, 0.3) is 0 Å². The first-order valence-electron chi connectivity index (χ1n) is 9.60. The Morgan fingerprint density at radius 1 is 1.10 bits per heavy atom. The molecule has 0 aliphatic carbocycles. The summed E-state index contributed by atoms with van der Waals surface area (Å²) < 4.78 is 20.8. The molecule has 29 heavy (non-hydrogen) atoms. The Kier molecular flexibility index (Phi) is 5.12. The van der Waals surface area contributed by atoms with E-state index in [1.54, 1.807) is 16.7 Å². The minimum atomic E-state index is -0.552. The standard InChI is InChI=1S/C22H21FN4O2/c1-2-3-6-12-29-22(28)18-19-21(26-17-11-5-4-10-16(17)25-19)27(20(18)24)15-9-7-8-14(23)13-15/h4-5,7-11,13H,2-3,6,12,24H2,1H3. The fraction of sp³-hybridized carbons (Fsp3) is 0.227. The van der Waals surface area contributed by atoms with E-state index in [0.29, 0.717) is 34.5 Å². The highest BCUT2D eigenvalue weighted by Gasteiger charge is 2.26. The van der Waals surface area contributed by atoms with Crippen LogP contribution in [0.1, 0.15) is 36.5 Å². The summed E-state index contributed by atoms with van der Waals surface area (Å²) in [6.45, 7) is 2.38. The number of benzene rings is 2. The topological polar surface area (TPSA) is 83.0 Å². The van der Waals surface area contributed by atoms with Crippen LogP contribution in [0.3, 0.4) is 0 Å². The maximum absolute atomic E-state index is 13.9. The minimum Gasteiger partial charge on any atom is -0.462 e. The second-order valence-electron chi connectivity index (χ2n) is 6.80. The molecule has 0 aliphatic heterocycles. The molecule has 0 amide bonds. The van der Waals surface area contributed by atoms with Gasteiger partial charge in [0, 0.05) is 0 Å².